The predicted octanol–water partition coefficient (Wildman–Crippen LogP) is 2.00. The highest BCUT2D eigenvalue weighted by Gasteiger charge is 2.28. The first-order valence-corrected chi connectivity index (χ1v) is 6.27. The summed E-state index contributed by atoms with van der Waals surface area (Å²) in [5.74, 6) is 2.17. The van der Waals surface area contributed by atoms with Gasteiger partial charge in [0.05, 0.1) is 20.8 Å². The van der Waals surface area contributed by atoms with Gasteiger partial charge in [0, 0.05) is 30.2 Å². The fourth-order valence-electron chi connectivity index (χ4n) is 2.54. The van der Waals surface area contributed by atoms with Crippen LogP contribution in [0.5, 0.6) is 11.5 Å². The average molecular weight is 251 g/mol. The Kier molecular flexibility index (Phi) is 4.44. The van der Waals surface area contributed by atoms with Crippen LogP contribution in [-0.2, 0) is 4.74 Å². The lowest BCUT2D eigenvalue weighted by molar-refractivity contribution is 0.177. The molecule has 0 saturated carbocycles. The monoisotopic (exact) mass is 251 g/mol. The van der Waals surface area contributed by atoms with Gasteiger partial charge < -0.3 is 19.5 Å². The number of hydrogen-bond acceptors (Lipinski definition) is 4. The van der Waals surface area contributed by atoms with Gasteiger partial charge in [0.2, 0.25) is 0 Å². The summed E-state index contributed by atoms with van der Waals surface area (Å²) >= 11 is 0. The third kappa shape index (κ3) is 2.60. The molecule has 2 unspecified atom stereocenters. The molecule has 4 nitrogen and oxygen atoms in total. The molecule has 1 N–H and O–H groups in total. The van der Waals surface area contributed by atoms with Gasteiger partial charge in [-0.15, -0.1) is 0 Å². The van der Waals surface area contributed by atoms with Crippen molar-refractivity contribution in [1.29, 1.82) is 0 Å². The van der Waals surface area contributed by atoms with E-state index in [1.54, 1.807) is 14.2 Å². The molecule has 100 valence electrons. The molecule has 0 radical (unpaired) electrons. The fourth-order valence-corrected chi connectivity index (χ4v) is 2.54. The summed E-state index contributed by atoms with van der Waals surface area (Å²) in [5.41, 5.74) is 1.16. The van der Waals surface area contributed by atoms with E-state index in [2.05, 4.69) is 11.4 Å². The smallest absolute Gasteiger partial charge is 0.127 e. The fraction of sp³-hybridized carbons (Fsp3) is 0.571. The number of nitrogens with one attached hydrogen (secondary N) is 1. The quantitative estimate of drug-likeness (QED) is 0.869. The van der Waals surface area contributed by atoms with E-state index in [-0.39, 0.29) is 6.04 Å². The first kappa shape index (κ1) is 13.2. The zero-order valence-electron chi connectivity index (χ0n) is 11.2. The molecule has 0 bridgehead atoms. The predicted molar refractivity (Wildman–Crippen MR) is 70.3 cm³/mol. The minimum absolute atomic E-state index is 0.258. The number of ether oxygens (including phenoxy) is 3. The van der Waals surface area contributed by atoms with Crippen LogP contribution in [0.4, 0.5) is 0 Å². The molecule has 1 aliphatic rings. The lowest BCUT2D eigenvalue weighted by atomic mass is 9.92. The molecule has 0 aromatic heterocycles. The molecule has 1 heterocycles. The second-order valence-corrected chi connectivity index (χ2v) is 4.50. The normalized spacial score (nSPS) is 20.7. The molecule has 1 saturated heterocycles. The molecule has 1 fully saturated rings. The molecule has 1 aromatic rings. The standard InChI is InChI=1S/C14H21NO3/c1-15-14(10-6-7-18-9-10)12-5-4-11(16-2)8-13(12)17-3/h4-5,8,10,14-15H,6-7,9H2,1-3H3. The molecule has 18 heavy (non-hydrogen) atoms. The number of methoxy groups -OCH3 is 2. The van der Waals surface area contributed by atoms with Crippen LogP contribution in [0, 0.1) is 5.92 Å². The van der Waals surface area contributed by atoms with Crippen LogP contribution in [0.3, 0.4) is 0 Å². The van der Waals surface area contributed by atoms with Crippen molar-refractivity contribution >= 4 is 0 Å². The van der Waals surface area contributed by atoms with Crippen LogP contribution >= 0.6 is 0 Å². The van der Waals surface area contributed by atoms with E-state index in [1.807, 2.05) is 19.2 Å². The first-order chi connectivity index (χ1) is 8.80. The minimum Gasteiger partial charge on any atom is -0.497 e. The SMILES string of the molecule is CNC(c1ccc(OC)cc1OC)C1CCOC1. The van der Waals surface area contributed by atoms with Crippen LogP contribution in [0.2, 0.25) is 0 Å². The Labute approximate surface area is 108 Å². The highest BCUT2D eigenvalue weighted by molar-refractivity contribution is 5.42. The van der Waals surface area contributed by atoms with Crippen molar-refractivity contribution in [1.82, 2.24) is 5.32 Å². The maximum absolute atomic E-state index is 5.47. The van der Waals surface area contributed by atoms with Crippen LogP contribution in [0.1, 0.15) is 18.0 Å². The largest absolute Gasteiger partial charge is 0.497 e. The van der Waals surface area contributed by atoms with E-state index in [1.165, 1.54) is 0 Å². The molecule has 2 rings (SSSR count). The molecule has 1 aliphatic heterocycles. The molecule has 2 atom stereocenters. The second kappa shape index (κ2) is 6.07. The van der Waals surface area contributed by atoms with Gasteiger partial charge in [-0.05, 0) is 19.5 Å². The number of rotatable bonds is 5. The van der Waals surface area contributed by atoms with E-state index >= 15 is 0 Å². The van der Waals surface area contributed by atoms with Gasteiger partial charge in [-0.3, -0.25) is 0 Å². The van der Waals surface area contributed by atoms with E-state index in [9.17, 15) is 0 Å². The van der Waals surface area contributed by atoms with E-state index < -0.39 is 0 Å². The summed E-state index contributed by atoms with van der Waals surface area (Å²) in [6, 6.07) is 6.22. The molecule has 0 spiro atoms. The topological polar surface area (TPSA) is 39.7 Å². The van der Waals surface area contributed by atoms with Crippen molar-refractivity contribution in [2.24, 2.45) is 5.92 Å². The van der Waals surface area contributed by atoms with Crippen LogP contribution in [0.25, 0.3) is 0 Å². The summed E-state index contributed by atoms with van der Waals surface area (Å²) in [4.78, 5) is 0. The average Bonchev–Trinajstić information content (AvgIpc) is 2.94. The Morgan fingerprint density at radius 1 is 1.33 bits per heavy atom. The van der Waals surface area contributed by atoms with Crippen LogP contribution in [0.15, 0.2) is 18.2 Å². The van der Waals surface area contributed by atoms with Crippen molar-refractivity contribution in [3.8, 4) is 11.5 Å². The zero-order chi connectivity index (χ0) is 13.0. The third-order valence-electron chi connectivity index (χ3n) is 3.52. The molecule has 0 aliphatic carbocycles. The lowest BCUT2D eigenvalue weighted by Crippen LogP contribution is -2.26. The zero-order valence-corrected chi connectivity index (χ0v) is 11.2. The van der Waals surface area contributed by atoms with Crippen molar-refractivity contribution in [2.45, 2.75) is 12.5 Å². The van der Waals surface area contributed by atoms with Gasteiger partial charge in [-0.1, -0.05) is 6.07 Å². The van der Waals surface area contributed by atoms with Gasteiger partial charge in [0.15, 0.2) is 0 Å². The second-order valence-electron chi connectivity index (χ2n) is 4.50. The van der Waals surface area contributed by atoms with Crippen molar-refractivity contribution in [2.75, 3.05) is 34.5 Å². The minimum atomic E-state index is 0.258. The summed E-state index contributed by atoms with van der Waals surface area (Å²) in [7, 11) is 5.33. The maximum atomic E-state index is 5.47. The van der Waals surface area contributed by atoms with Gasteiger partial charge >= 0.3 is 0 Å². The first-order valence-electron chi connectivity index (χ1n) is 6.27. The highest BCUT2D eigenvalue weighted by atomic mass is 16.5. The lowest BCUT2D eigenvalue weighted by Gasteiger charge is -2.24. The number of benzene rings is 1. The van der Waals surface area contributed by atoms with Crippen LogP contribution in [-0.4, -0.2) is 34.5 Å². The van der Waals surface area contributed by atoms with E-state index in [4.69, 9.17) is 14.2 Å². The molecular formula is C14H21NO3. The van der Waals surface area contributed by atoms with Crippen LogP contribution < -0.4 is 14.8 Å². The molecule has 4 heteroatoms. The van der Waals surface area contributed by atoms with Crippen molar-refractivity contribution < 1.29 is 14.2 Å². The van der Waals surface area contributed by atoms with E-state index in [0.29, 0.717) is 5.92 Å². The van der Waals surface area contributed by atoms with Gasteiger partial charge in [0.1, 0.15) is 11.5 Å². The highest BCUT2D eigenvalue weighted by Crippen LogP contribution is 2.35. The Hall–Kier alpha value is -1.26. The van der Waals surface area contributed by atoms with E-state index in [0.717, 1.165) is 36.7 Å². The summed E-state index contributed by atoms with van der Waals surface area (Å²) in [6.45, 7) is 1.65. The molecule has 0 amide bonds. The Bertz CT molecular complexity index is 389. The Morgan fingerprint density at radius 2 is 2.17 bits per heavy atom. The van der Waals surface area contributed by atoms with Gasteiger partial charge in [-0.2, -0.15) is 0 Å². The van der Waals surface area contributed by atoms with Gasteiger partial charge in [-0.25, -0.2) is 0 Å². The number of hydrogen-bond donors (Lipinski definition) is 1. The van der Waals surface area contributed by atoms with Crippen molar-refractivity contribution in [3.05, 3.63) is 23.8 Å². The summed E-state index contributed by atoms with van der Waals surface area (Å²) < 4.78 is 16.2. The third-order valence-corrected chi connectivity index (χ3v) is 3.52. The Morgan fingerprint density at radius 3 is 2.72 bits per heavy atom. The summed E-state index contributed by atoms with van der Waals surface area (Å²) in [5, 5.41) is 3.37. The Balaban J connectivity index is 2.28. The molecule has 1 aromatic carbocycles. The molecular weight excluding hydrogens is 230 g/mol. The summed E-state index contributed by atoms with van der Waals surface area (Å²) in [6.07, 6.45) is 1.08. The maximum Gasteiger partial charge on any atom is 0.127 e. The van der Waals surface area contributed by atoms with Gasteiger partial charge in [0.25, 0.3) is 0 Å². The van der Waals surface area contributed by atoms with Crippen molar-refractivity contribution in [3.63, 3.8) is 0 Å².